The van der Waals surface area contributed by atoms with Crippen LogP contribution in [0.25, 0.3) is 42.5 Å². The lowest BCUT2D eigenvalue weighted by Gasteiger charge is -2.34. The Labute approximate surface area is 309 Å². The molecule has 5 unspecified atom stereocenters. The van der Waals surface area contributed by atoms with Crippen molar-refractivity contribution >= 4 is 76.8 Å². The maximum Gasteiger partial charge on any atom is 0.416 e. The number of anilines is 1. The summed E-state index contributed by atoms with van der Waals surface area (Å²) in [5.41, 5.74) is -2.65. The summed E-state index contributed by atoms with van der Waals surface area (Å²) in [5, 5.41) is 10.0. The number of benzene rings is 1. The molecule has 1 aromatic carbocycles. The first kappa shape index (κ1) is 34.3. The molecule has 270 valence electrons. The van der Waals surface area contributed by atoms with Crippen LogP contribution in [-0.2, 0) is 11.8 Å². The zero-order valence-corrected chi connectivity index (χ0v) is 31.6. The number of rotatable bonds is 5. The fraction of sp³-hybridized carbons (Fsp3) is 0.529. The van der Waals surface area contributed by atoms with Gasteiger partial charge in [0.2, 0.25) is 0 Å². The summed E-state index contributed by atoms with van der Waals surface area (Å²) < 4.78 is 80.1. The third-order valence-electron chi connectivity index (χ3n) is 11.0. The molecule has 9 nitrogen and oxygen atoms in total. The summed E-state index contributed by atoms with van der Waals surface area (Å²) in [7, 11) is 1.51. The molecular weight excluding hydrogens is 821 g/mol. The number of hydrogen-bond donors (Lipinski definition) is 1. The summed E-state index contributed by atoms with van der Waals surface area (Å²) in [6, 6.07) is 4.44. The Morgan fingerprint density at radius 2 is 1.88 bits per heavy atom. The smallest absolute Gasteiger partial charge is 0.416 e. The van der Waals surface area contributed by atoms with Crippen molar-refractivity contribution in [3.63, 3.8) is 0 Å². The van der Waals surface area contributed by atoms with E-state index in [4.69, 9.17) is 9.72 Å². The quantitative estimate of drug-likeness (QED) is 0.108. The van der Waals surface area contributed by atoms with Gasteiger partial charge in [-0.05, 0) is 85.7 Å². The maximum atomic E-state index is 16.1. The first-order valence-electron chi connectivity index (χ1n) is 17.3. The third kappa shape index (κ3) is 5.95. The highest BCUT2D eigenvalue weighted by molar-refractivity contribution is 14.2. The molecule has 10 rings (SSSR count). The van der Waals surface area contributed by atoms with Gasteiger partial charge in [0.25, 0.3) is 0 Å². The van der Waals surface area contributed by atoms with E-state index in [2.05, 4.69) is 52.2 Å². The predicted octanol–water partition coefficient (Wildman–Crippen LogP) is 8.17. The second kappa shape index (κ2) is 12.8. The number of nitrogens with one attached hydrogen (secondary N) is 1. The van der Waals surface area contributed by atoms with Crippen molar-refractivity contribution in [2.45, 2.75) is 81.1 Å². The zero-order valence-electron chi connectivity index (χ0n) is 27.6. The van der Waals surface area contributed by atoms with Crippen LogP contribution < -0.4 is 15.0 Å². The molecule has 4 aromatic heterocycles. The molecule has 1 saturated carbocycles. The zero-order chi connectivity index (χ0) is 35.2. The number of methoxy groups -OCH3 is 1. The fourth-order valence-corrected chi connectivity index (χ4v) is 11.3. The summed E-state index contributed by atoms with van der Waals surface area (Å²) >= 11 is 3.40. The van der Waals surface area contributed by atoms with Crippen molar-refractivity contribution in [2.24, 2.45) is 0 Å². The normalized spacial score (nSPS) is 25.7. The van der Waals surface area contributed by atoms with Gasteiger partial charge in [-0.15, -0.1) is 11.3 Å². The van der Waals surface area contributed by atoms with E-state index in [1.807, 2.05) is 6.07 Å². The highest BCUT2D eigenvalue weighted by Gasteiger charge is 2.53. The molecule has 8 heterocycles. The number of fused-ring (bicyclic) bond motifs is 7. The lowest BCUT2D eigenvalue weighted by atomic mass is 9.90. The Morgan fingerprint density at radius 3 is 2.57 bits per heavy atom. The van der Waals surface area contributed by atoms with Gasteiger partial charge in [-0.3, -0.25) is 9.88 Å². The molecule has 51 heavy (non-hydrogen) atoms. The molecule has 1 N–H and O–H groups in total. The number of aromatic nitrogens is 5. The average Bonchev–Trinajstić information content (AvgIpc) is 3.62. The topological polar surface area (TPSA) is 84.2 Å². The molecule has 5 aromatic rings. The molecule has 0 amide bonds. The summed E-state index contributed by atoms with van der Waals surface area (Å²) in [5.74, 6) is 0.733. The number of thiophene rings is 1. The number of ether oxygens (including phenoxy) is 1. The van der Waals surface area contributed by atoms with Crippen LogP contribution in [0.4, 0.5) is 27.8 Å². The number of nitrogens with zero attached hydrogens (tertiary/aromatic N) is 7. The first-order valence-corrected chi connectivity index (χ1v) is 22.1. The second-order valence-electron chi connectivity index (χ2n) is 14.2. The van der Waals surface area contributed by atoms with Crippen LogP contribution in [0.5, 0.6) is 6.01 Å². The van der Waals surface area contributed by atoms with Crippen LogP contribution in [-0.4, -0.2) is 87.0 Å². The first-order chi connectivity index (χ1) is 24.5. The number of hydrogen-bond acceptors (Lipinski definition) is 9. The van der Waals surface area contributed by atoms with Crippen LogP contribution in [0, 0.1) is 0 Å². The molecule has 2 bridgehead atoms. The Morgan fingerprint density at radius 1 is 1.10 bits per heavy atom. The van der Waals surface area contributed by atoms with E-state index in [0.29, 0.717) is 50.8 Å². The largest absolute Gasteiger partial charge is 0.467 e. The molecule has 4 saturated heterocycles. The van der Waals surface area contributed by atoms with Gasteiger partial charge in [-0.1, -0.05) is 0 Å². The summed E-state index contributed by atoms with van der Waals surface area (Å²) in [6.45, 7) is 3.41. The van der Waals surface area contributed by atoms with E-state index in [0.717, 1.165) is 61.6 Å². The van der Waals surface area contributed by atoms with Crippen LogP contribution in [0.15, 0.2) is 24.5 Å². The van der Waals surface area contributed by atoms with Crippen LogP contribution in [0.2, 0.25) is 0 Å². The minimum Gasteiger partial charge on any atom is -0.467 e. The van der Waals surface area contributed by atoms with Gasteiger partial charge in [0.1, 0.15) is 22.5 Å². The number of pyridine rings is 1. The maximum absolute atomic E-state index is 16.1. The van der Waals surface area contributed by atoms with Crippen LogP contribution in [0.1, 0.15) is 56.1 Å². The highest BCUT2D eigenvalue weighted by atomic mass is 127. The number of halogens is 6. The molecule has 5 atom stereocenters. The van der Waals surface area contributed by atoms with E-state index in [1.165, 1.54) is 41.9 Å². The van der Waals surface area contributed by atoms with Gasteiger partial charge < -0.3 is 15.0 Å². The molecular formula is C34H35F5IN8OPS. The Kier molecular flexibility index (Phi) is 8.60. The molecule has 17 heteroatoms. The van der Waals surface area contributed by atoms with Gasteiger partial charge in [-0.25, -0.2) is 13.2 Å². The van der Waals surface area contributed by atoms with Crippen molar-refractivity contribution in [2.75, 3.05) is 38.2 Å². The minimum absolute atomic E-state index is 0.0251. The molecule has 5 fully saturated rings. The van der Waals surface area contributed by atoms with Crippen LogP contribution >= 0.6 is 39.8 Å². The van der Waals surface area contributed by atoms with E-state index in [9.17, 15) is 17.6 Å². The summed E-state index contributed by atoms with van der Waals surface area (Å²) in [6.07, 6.45) is 3.47. The van der Waals surface area contributed by atoms with Gasteiger partial charge in [0.15, 0.2) is 0 Å². The molecule has 0 spiro atoms. The minimum atomic E-state index is -4.76. The number of alkyl halides is 5. The van der Waals surface area contributed by atoms with Gasteiger partial charge in [0, 0.05) is 65.9 Å². The van der Waals surface area contributed by atoms with E-state index in [1.54, 1.807) is 6.20 Å². The van der Waals surface area contributed by atoms with Crippen molar-refractivity contribution in [1.29, 1.82) is 0 Å². The Balaban J connectivity index is 0.000000335. The van der Waals surface area contributed by atoms with Crippen molar-refractivity contribution in [1.82, 2.24) is 34.7 Å². The Bertz CT molecular complexity index is 2140. The second-order valence-corrected chi connectivity index (χ2v) is 17.3. The monoisotopic (exact) mass is 856 g/mol. The SMILES string of the molecule is COc1nc(N2CC3CCC(C2)N3)c2c(n1)sc1c(-c3c(C4(F)CC4)c(C(F)(F)F)cc4c3cnn4PI)nccc12.FC1CC2CCCN2C1. The standard InChI is InChI=1S/C27H23F4IN7OPS.C7H12FN/c1-40-25-36-23(38-10-12-2-3-13(11-38)35-12)19-14-4-7-33-21(22(14)42-24(19)37-25)18-15-9-34-39(41-32)17(15)8-16(27(29,30)31)20(18)26(28)5-6-26;8-6-4-7-2-1-3-9(7)5-6/h4,7-9,12-13,35,41H,2-3,5-6,10-11H2,1H3;6-7H,1-5H2. The highest BCUT2D eigenvalue weighted by Crippen LogP contribution is 2.58. The van der Waals surface area contributed by atoms with Crippen molar-refractivity contribution < 1.29 is 26.7 Å². The predicted molar refractivity (Wildman–Crippen MR) is 199 cm³/mol. The molecule has 1 aliphatic carbocycles. The molecule has 0 radical (unpaired) electrons. The lowest BCUT2D eigenvalue weighted by molar-refractivity contribution is -0.138. The molecule has 4 aliphatic heterocycles. The third-order valence-corrected chi connectivity index (χ3v) is 14.0. The van der Waals surface area contributed by atoms with Crippen molar-refractivity contribution in [3.8, 4) is 17.3 Å². The fourth-order valence-electron chi connectivity index (χ4n) is 8.59. The summed E-state index contributed by atoms with van der Waals surface area (Å²) in [4.78, 5) is 19.2. The number of piperazine rings is 1. The van der Waals surface area contributed by atoms with Crippen molar-refractivity contribution in [3.05, 3.63) is 35.7 Å². The van der Waals surface area contributed by atoms with Crippen LogP contribution in [0.3, 0.4) is 0 Å². The van der Waals surface area contributed by atoms with Gasteiger partial charge >= 0.3 is 12.2 Å². The van der Waals surface area contributed by atoms with Gasteiger partial charge in [0.05, 0.1) is 46.5 Å². The molecule has 5 aliphatic rings. The average molecular weight is 857 g/mol. The van der Waals surface area contributed by atoms with E-state index in [-0.39, 0.29) is 36.4 Å². The lowest BCUT2D eigenvalue weighted by Crippen LogP contribution is -2.51. The van der Waals surface area contributed by atoms with Gasteiger partial charge in [-0.2, -0.15) is 28.2 Å². The Hall–Kier alpha value is -2.53. The van der Waals surface area contributed by atoms with E-state index < -0.39 is 23.6 Å². The van der Waals surface area contributed by atoms with E-state index >= 15 is 4.39 Å².